The molecule has 1 N–H and O–H groups in total. The van der Waals surface area contributed by atoms with E-state index in [9.17, 15) is 5.11 Å². The van der Waals surface area contributed by atoms with E-state index < -0.39 is 0 Å². The van der Waals surface area contributed by atoms with Crippen LogP contribution in [-0.4, -0.2) is 9.67 Å². The Hall–Kier alpha value is -3.26. The molecular formula is C44H59NO. The van der Waals surface area contributed by atoms with Crippen molar-refractivity contribution in [1.29, 1.82) is 0 Å². The van der Waals surface area contributed by atoms with Gasteiger partial charge in [-0.3, -0.25) is 0 Å². The van der Waals surface area contributed by atoms with Crippen LogP contribution in [0.3, 0.4) is 0 Å². The lowest BCUT2D eigenvalue weighted by Gasteiger charge is -2.57. The fourth-order valence-corrected chi connectivity index (χ4v) is 8.55. The van der Waals surface area contributed by atoms with Crippen molar-refractivity contribution in [3.05, 3.63) is 95.3 Å². The van der Waals surface area contributed by atoms with E-state index in [-0.39, 0.29) is 32.5 Å². The summed E-state index contributed by atoms with van der Waals surface area (Å²) >= 11 is 0. The standard InChI is InChI=1S/C44H59NO/c1-39(2,3)28-43(13,14)44(42(10,11)12)26-34(29-18-16-15-17-19-29)38(46)37(27-44)45-35-22-20-30(40(4,5)6)24-32(35)33-25-31(41(7,8)9)21-23-36(33)45/h15-26,46H,27-28H2,1-14H3. The summed E-state index contributed by atoms with van der Waals surface area (Å²) in [4.78, 5) is 0. The van der Waals surface area contributed by atoms with Crippen LogP contribution < -0.4 is 0 Å². The molecule has 0 aliphatic heterocycles. The zero-order valence-electron chi connectivity index (χ0n) is 31.2. The summed E-state index contributed by atoms with van der Waals surface area (Å²) in [6, 6.07) is 24.5. The Morgan fingerprint density at radius 2 is 1.13 bits per heavy atom. The number of aliphatic hydroxyl groups is 1. The minimum Gasteiger partial charge on any atom is -0.505 e. The highest BCUT2D eigenvalue weighted by Crippen LogP contribution is 2.63. The molecular weight excluding hydrogens is 558 g/mol. The van der Waals surface area contributed by atoms with E-state index >= 15 is 0 Å². The second-order valence-electron chi connectivity index (χ2n) is 19.0. The summed E-state index contributed by atoms with van der Waals surface area (Å²) in [7, 11) is 0. The van der Waals surface area contributed by atoms with Gasteiger partial charge in [0.25, 0.3) is 0 Å². The fourth-order valence-electron chi connectivity index (χ4n) is 8.55. The molecule has 1 aromatic heterocycles. The maximum Gasteiger partial charge on any atom is 0.142 e. The number of fused-ring (bicyclic) bond motifs is 3. The average molecular weight is 618 g/mol. The predicted molar refractivity (Wildman–Crippen MR) is 201 cm³/mol. The third-order valence-corrected chi connectivity index (χ3v) is 10.7. The van der Waals surface area contributed by atoms with E-state index in [4.69, 9.17) is 0 Å². The number of rotatable bonds is 4. The van der Waals surface area contributed by atoms with Gasteiger partial charge in [-0.1, -0.05) is 145 Å². The molecule has 0 amide bonds. The van der Waals surface area contributed by atoms with E-state index in [0.717, 1.165) is 40.7 Å². The Morgan fingerprint density at radius 3 is 1.54 bits per heavy atom. The molecule has 46 heavy (non-hydrogen) atoms. The monoisotopic (exact) mass is 617 g/mol. The first-order chi connectivity index (χ1) is 21.0. The molecule has 246 valence electrons. The van der Waals surface area contributed by atoms with Crippen LogP contribution in [0.1, 0.15) is 126 Å². The summed E-state index contributed by atoms with van der Waals surface area (Å²) in [6.45, 7) is 32.9. The van der Waals surface area contributed by atoms with Crippen LogP contribution >= 0.6 is 0 Å². The molecule has 0 spiro atoms. The molecule has 0 fully saturated rings. The van der Waals surface area contributed by atoms with Crippen molar-refractivity contribution in [2.45, 2.75) is 121 Å². The SMILES string of the molecule is CC(C)(C)CC(C)(C)C1(C(C)(C)C)C=C(c2ccccc2)C(O)=C(n2c3ccc(C(C)(C)C)cc3c3cc(C(C)(C)C)ccc32)C1. The van der Waals surface area contributed by atoms with Crippen molar-refractivity contribution in [3.63, 3.8) is 0 Å². The molecule has 2 heteroatoms. The molecule has 3 aromatic carbocycles. The Kier molecular flexibility index (Phi) is 8.07. The Bertz CT molecular complexity index is 1760. The Labute approximate surface area is 279 Å². The van der Waals surface area contributed by atoms with Crippen LogP contribution in [0.15, 0.2) is 78.6 Å². The van der Waals surface area contributed by atoms with Gasteiger partial charge in [0, 0.05) is 28.2 Å². The number of hydrogen-bond acceptors (Lipinski definition) is 1. The lowest BCUT2D eigenvalue weighted by molar-refractivity contribution is -0.0200. The molecule has 0 bridgehead atoms. The Balaban J connectivity index is 1.92. The van der Waals surface area contributed by atoms with Gasteiger partial charge >= 0.3 is 0 Å². The van der Waals surface area contributed by atoms with Gasteiger partial charge in [-0.2, -0.15) is 0 Å². The van der Waals surface area contributed by atoms with Gasteiger partial charge in [0.05, 0.1) is 16.7 Å². The first kappa shape index (κ1) is 34.1. The van der Waals surface area contributed by atoms with Crippen LogP contribution in [0.5, 0.6) is 0 Å². The number of benzene rings is 3. The minimum absolute atomic E-state index is 0.0259. The molecule has 1 heterocycles. The second-order valence-corrected chi connectivity index (χ2v) is 19.0. The summed E-state index contributed by atoms with van der Waals surface area (Å²) in [5.41, 5.74) is 7.71. The van der Waals surface area contributed by atoms with Gasteiger partial charge in [0.2, 0.25) is 0 Å². The maximum absolute atomic E-state index is 12.5. The highest BCUT2D eigenvalue weighted by atomic mass is 16.3. The van der Waals surface area contributed by atoms with E-state index in [0.29, 0.717) is 5.76 Å². The van der Waals surface area contributed by atoms with Crippen molar-refractivity contribution in [2.24, 2.45) is 21.7 Å². The smallest absolute Gasteiger partial charge is 0.142 e. The minimum atomic E-state index is -0.250. The maximum atomic E-state index is 12.5. The zero-order chi connectivity index (χ0) is 34.3. The Morgan fingerprint density at radius 1 is 0.652 bits per heavy atom. The number of nitrogens with zero attached hydrogens (tertiary/aromatic N) is 1. The average Bonchev–Trinajstić information content (AvgIpc) is 3.23. The van der Waals surface area contributed by atoms with E-state index in [1.165, 1.54) is 21.9 Å². The molecule has 1 atom stereocenters. The lowest BCUT2D eigenvalue weighted by Crippen LogP contribution is -2.49. The van der Waals surface area contributed by atoms with Gasteiger partial charge in [0.15, 0.2) is 0 Å². The zero-order valence-corrected chi connectivity index (χ0v) is 31.2. The fraction of sp³-hybridized carbons (Fsp3) is 0.500. The van der Waals surface area contributed by atoms with E-state index in [1.807, 2.05) is 0 Å². The summed E-state index contributed by atoms with van der Waals surface area (Å²) in [5, 5.41) is 15.0. The summed E-state index contributed by atoms with van der Waals surface area (Å²) in [6.07, 6.45) is 4.25. The van der Waals surface area contributed by atoms with Crippen molar-refractivity contribution in [2.75, 3.05) is 0 Å². The molecule has 0 radical (unpaired) electrons. The van der Waals surface area contributed by atoms with E-state index in [1.54, 1.807) is 0 Å². The van der Waals surface area contributed by atoms with Crippen LogP contribution in [0.4, 0.5) is 0 Å². The van der Waals surface area contributed by atoms with Gasteiger partial charge in [-0.25, -0.2) is 0 Å². The molecule has 0 saturated carbocycles. The second kappa shape index (κ2) is 10.9. The van der Waals surface area contributed by atoms with Crippen LogP contribution in [0.25, 0.3) is 33.1 Å². The molecule has 0 saturated heterocycles. The highest BCUT2D eigenvalue weighted by Gasteiger charge is 2.55. The van der Waals surface area contributed by atoms with Crippen molar-refractivity contribution < 1.29 is 5.11 Å². The van der Waals surface area contributed by atoms with Crippen LogP contribution in [0.2, 0.25) is 0 Å². The van der Waals surface area contributed by atoms with Crippen LogP contribution in [0, 0.1) is 21.7 Å². The molecule has 1 aliphatic carbocycles. The highest BCUT2D eigenvalue weighted by molar-refractivity contribution is 6.11. The lowest BCUT2D eigenvalue weighted by atomic mass is 9.47. The molecule has 4 aromatic rings. The van der Waals surface area contributed by atoms with Crippen molar-refractivity contribution >= 4 is 33.1 Å². The number of allylic oxidation sites excluding steroid dienone is 3. The molecule has 1 unspecified atom stereocenters. The number of aromatic nitrogens is 1. The van der Waals surface area contributed by atoms with Gasteiger partial charge in [0.1, 0.15) is 5.76 Å². The summed E-state index contributed by atoms with van der Waals surface area (Å²) < 4.78 is 2.41. The van der Waals surface area contributed by atoms with Crippen molar-refractivity contribution in [3.8, 4) is 0 Å². The topological polar surface area (TPSA) is 25.2 Å². The van der Waals surface area contributed by atoms with Gasteiger partial charge in [-0.15, -0.1) is 0 Å². The predicted octanol–water partition coefficient (Wildman–Crippen LogP) is 13.1. The van der Waals surface area contributed by atoms with Crippen molar-refractivity contribution in [1.82, 2.24) is 4.57 Å². The van der Waals surface area contributed by atoms with Gasteiger partial charge < -0.3 is 9.67 Å². The molecule has 1 aliphatic rings. The van der Waals surface area contributed by atoms with Gasteiger partial charge in [-0.05, 0) is 74.5 Å². The normalized spacial score (nSPS) is 18.9. The number of hydrogen-bond donors (Lipinski definition) is 1. The first-order valence-corrected chi connectivity index (χ1v) is 17.3. The third-order valence-electron chi connectivity index (χ3n) is 10.7. The van der Waals surface area contributed by atoms with E-state index in [2.05, 4.69) is 174 Å². The summed E-state index contributed by atoms with van der Waals surface area (Å²) in [5.74, 6) is 0.385. The van der Waals surface area contributed by atoms with Crippen LogP contribution in [-0.2, 0) is 10.8 Å². The molecule has 2 nitrogen and oxygen atoms in total. The molecule has 5 rings (SSSR count). The quantitative estimate of drug-likeness (QED) is 0.242. The number of aliphatic hydroxyl groups excluding tert-OH is 1. The third kappa shape index (κ3) is 5.86. The first-order valence-electron chi connectivity index (χ1n) is 17.3. The largest absolute Gasteiger partial charge is 0.505 e.